The number of alkyl halides is 1. The van der Waals surface area contributed by atoms with Gasteiger partial charge >= 0.3 is 0 Å². The first-order valence-electron chi connectivity index (χ1n) is 5.57. The van der Waals surface area contributed by atoms with Gasteiger partial charge in [-0.3, -0.25) is 0 Å². The van der Waals surface area contributed by atoms with Crippen molar-refractivity contribution < 1.29 is 4.39 Å². The molecule has 1 aromatic rings. The summed E-state index contributed by atoms with van der Waals surface area (Å²) in [4.78, 5) is 0. The van der Waals surface area contributed by atoms with Crippen molar-refractivity contribution in [3.63, 3.8) is 0 Å². The lowest BCUT2D eigenvalue weighted by Gasteiger charge is -2.29. The molecule has 0 aliphatic heterocycles. The monoisotopic (exact) mass is 306 g/mol. The number of hydrogen-bond acceptors (Lipinski definition) is 0. The summed E-state index contributed by atoms with van der Waals surface area (Å²) in [6.07, 6.45) is 2.84. The van der Waals surface area contributed by atoms with Gasteiger partial charge in [0.25, 0.3) is 0 Å². The summed E-state index contributed by atoms with van der Waals surface area (Å²) >= 11 is 9.28. The van der Waals surface area contributed by atoms with Crippen LogP contribution in [0.5, 0.6) is 0 Å². The molecule has 0 bridgehead atoms. The predicted octanol–water partition coefficient (Wildman–Crippen LogP) is 5.22. The molecule has 0 unspecified atom stereocenters. The molecule has 16 heavy (non-hydrogen) atoms. The smallest absolute Gasteiger partial charge is 0.127 e. The molecule has 1 rings (SSSR count). The van der Waals surface area contributed by atoms with E-state index in [0.717, 1.165) is 30.2 Å². The second-order valence-corrected chi connectivity index (χ2v) is 5.25. The van der Waals surface area contributed by atoms with Gasteiger partial charge in [0.2, 0.25) is 0 Å². The molecular formula is C13H17BrClF. The fourth-order valence-electron chi connectivity index (χ4n) is 1.81. The van der Waals surface area contributed by atoms with Gasteiger partial charge in [-0.05, 0) is 42.4 Å². The lowest BCUT2D eigenvalue weighted by Crippen LogP contribution is -2.24. The van der Waals surface area contributed by atoms with Crippen LogP contribution < -0.4 is 0 Å². The van der Waals surface area contributed by atoms with E-state index in [-0.39, 0.29) is 11.2 Å². The van der Waals surface area contributed by atoms with E-state index in [1.807, 2.05) is 0 Å². The van der Waals surface area contributed by atoms with Crippen LogP contribution >= 0.6 is 27.5 Å². The summed E-state index contributed by atoms with van der Waals surface area (Å²) in [5.41, 5.74) is 0.904. The van der Waals surface area contributed by atoms with Crippen molar-refractivity contribution >= 4 is 27.5 Å². The van der Waals surface area contributed by atoms with E-state index in [1.54, 1.807) is 12.1 Å². The van der Waals surface area contributed by atoms with Gasteiger partial charge in [-0.2, -0.15) is 0 Å². The average molecular weight is 308 g/mol. The van der Waals surface area contributed by atoms with Gasteiger partial charge in [0, 0.05) is 10.4 Å². The number of benzene rings is 1. The fourth-order valence-corrected chi connectivity index (χ4v) is 2.96. The van der Waals surface area contributed by atoms with Gasteiger partial charge in [0.05, 0.1) is 0 Å². The quantitative estimate of drug-likeness (QED) is 0.654. The van der Waals surface area contributed by atoms with Gasteiger partial charge in [-0.15, -0.1) is 0 Å². The third-order valence-electron chi connectivity index (χ3n) is 3.36. The van der Waals surface area contributed by atoms with E-state index in [2.05, 4.69) is 29.8 Å². The highest BCUT2D eigenvalue weighted by Gasteiger charge is 2.26. The van der Waals surface area contributed by atoms with Crippen LogP contribution in [0.15, 0.2) is 18.2 Å². The number of halogens is 3. The molecule has 0 spiro atoms. The Morgan fingerprint density at radius 1 is 1.31 bits per heavy atom. The molecule has 0 nitrogen and oxygen atoms in total. The second kappa shape index (κ2) is 6.02. The van der Waals surface area contributed by atoms with Crippen LogP contribution in [-0.2, 0) is 6.42 Å². The minimum atomic E-state index is -0.195. The molecule has 0 heterocycles. The summed E-state index contributed by atoms with van der Waals surface area (Å²) in [5.74, 6) is -0.195. The lowest BCUT2D eigenvalue weighted by molar-refractivity contribution is 0.303. The third-order valence-corrected chi connectivity index (χ3v) is 4.79. The molecule has 0 amide bonds. The van der Waals surface area contributed by atoms with Crippen LogP contribution in [0, 0.1) is 11.2 Å². The molecule has 0 saturated heterocycles. The molecular weight excluding hydrogens is 290 g/mol. The molecule has 0 fully saturated rings. The first-order chi connectivity index (χ1) is 7.56. The first-order valence-corrected chi connectivity index (χ1v) is 7.06. The minimum absolute atomic E-state index is 0.147. The van der Waals surface area contributed by atoms with Crippen molar-refractivity contribution in [1.29, 1.82) is 0 Å². The topological polar surface area (TPSA) is 0 Å². The SMILES string of the molecule is CCC(CC)(CBr)Cc1ccc(Cl)cc1F. The molecule has 0 atom stereocenters. The van der Waals surface area contributed by atoms with Crippen molar-refractivity contribution in [2.75, 3.05) is 5.33 Å². The standard InChI is InChI=1S/C13H17BrClF/c1-3-13(4-2,9-14)8-10-5-6-11(15)7-12(10)16/h5-7H,3-4,8-9H2,1-2H3. The summed E-state index contributed by atoms with van der Waals surface area (Å²) in [6, 6.07) is 4.94. The molecule has 3 heteroatoms. The Labute approximate surface area is 110 Å². The molecule has 0 N–H and O–H groups in total. The fraction of sp³-hybridized carbons (Fsp3) is 0.538. The Morgan fingerprint density at radius 3 is 2.38 bits per heavy atom. The number of hydrogen-bond donors (Lipinski definition) is 0. The van der Waals surface area contributed by atoms with Crippen LogP contribution in [0.4, 0.5) is 4.39 Å². The van der Waals surface area contributed by atoms with E-state index in [4.69, 9.17) is 11.6 Å². The predicted molar refractivity (Wildman–Crippen MR) is 71.9 cm³/mol. The van der Waals surface area contributed by atoms with Gasteiger partial charge in [-0.25, -0.2) is 4.39 Å². The Bertz CT molecular complexity index is 340. The van der Waals surface area contributed by atoms with E-state index >= 15 is 0 Å². The average Bonchev–Trinajstić information content (AvgIpc) is 2.29. The van der Waals surface area contributed by atoms with Crippen molar-refractivity contribution in [2.45, 2.75) is 33.1 Å². The summed E-state index contributed by atoms with van der Waals surface area (Å²) in [6.45, 7) is 4.30. The third kappa shape index (κ3) is 3.21. The summed E-state index contributed by atoms with van der Waals surface area (Å²) in [5, 5.41) is 1.36. The molecule has 1 aromatic carbocycles. The van der Waals surface area contributed by atoms with Gasteiger partial charge in [0.1, 0.15) is 5.82 Å². The van der Waals surface area contributed by atoms with Gasteiger partial charge in [0.15, 0.2) is 0 Å². The lowest BCUT2D eigenvalue weighted by atomic mass is 9.79. The molecule has 0 aromatic heterocycles. The zero-order valence-corrected chi connectivity index (χ0v) is 12.0. The van der Waals surface area contributed by atoms with E-state index in [1.165, 1.54) is 6.07 Å². The Balaban J connectivity index is 2.93. The Morgan fingerprint density at radius 2 is 1.94 bits per heavy atom. The van der Waals surface area contributed by atoms with Crippen LogP contribution in [0.1, 0.15) is 32.3 Å². The van der Waals surface area contributed by atoms with Crippen LogP contribution in [0.3, 0.4) is 0 Å². The maximum atomic E-state index is 13.7. The van der Waals surface area contributed by atoms with E-state index in [9.17, 15) is 4.39 Å². The summed E-state index contributed by atoms with van der Waals surface area (Å²) in [7, 11) is 0. The maximum absolute atomic E-state index is 13.7. The highest BCUT2D eigenvalue weighted by molar-refractivity contribution is 9.09. The molecule has 0 aliphatic carbocycles. The second-order valence-electron chi connectivity index (χ2n) is 4.25. The highest BCUT2D eigenvalue weighted by Crippen LogP contribution is 2.34. The van der Waals surface area contributed by atoms with Crippen LogP contribution in [0.2, 0.25) is 5.02 Å². The van der Waals surface area contributed by atoms with Crippen molar-refractivity contribution in [3.05, 3.63) is 34.6 Å². The summed E-state index contributed by atoms with van der Waals surface area (Å²) < 4.78 is 13.7. The van der Waals surface area contributed by atoms with Gasteiger partial charge < -0.3 is 0 Å². The normalized spacial score (nSPS) is 11.8. The Hall–Kier alpha value is -0.0800. The molecule has 90 valence electrons. The molecule has 0 radical (unpaired) electrons. The van der Waals surface area contributed by atoms with Gasteiger partial charge in [-0.1, -0.05) is 47.4 Å². The van der Waals surface area contributed by atoms with E-state index in [0.29, 0.717) is 5.02 Å². The maximum Gasteiger partial charge on any atom is 0.127 e. The Kier molecular flexibility index (Phi) is 5.26. The largest absolute Gasteiger partial charge is 0.207 e. The minimum Gasteiger partial charge on any atom is -0.207 e. The molecule has 0 saturated carbocycles. The van der Waals surface area contributed by atoms with Crippen LogP contribution in [-0.4, -0.2) is 5.33 Å². The van der Waals surface area contributed by atoms with E-state index < -0.39 is 0 Å². The highest BCUT2D eigenvalue weighted by atomic mass is 79.9. The zero-order chi connectivity index (χ0) is 12.2. The molecule has 0 aliphatic rings. The zero-order valence-electron chi connectivity index (χ0n) is 9.69. The van der Waals surface area contributed by atoms with Crippen molar-refractivity contribution in [1.82, 2.24) is 0 Å². The van der Waals surface area contributed by atoms with Crippen molar-refractivity contribution in [3.8, 4) is 0 Å². The van der Waals surface area contributed by atoms with Crippen LogP contribution in [0.25, 0.3) is 0 Å². The number of rotatable bonds is 5. The van der Waals surface area contributed by atoms with Crippen molar-refractivity contribution in [2.24, 2.45) is 5.41 Å². The first kappa shape index (κ1) is 14.0.